The lowest BCUT2D eigenvalue weighted by atomic mass is 10.1. The van der Waals surface area contributed by atoms with Crippen LogP contribution < -0.4 is 5.32 Å². The summed E-state index contributed by atoms with van der Waals surface area (Å²) in [6.07, 6.45) is 2.99. The monoisotopic (exact) mass is 252 g/mol. The zero-order chi connectivity index (χ0) is 13.4. The summed E-state index contributed by atoms with van der Waals surface area (Å²) in [5, 5.41) is 3.51. The SMILES string of the molecule is CCC(C)CN(CC)CCNC(C)c1ccco1. The lowest BCUT2D eigenvalue weighted by Crippen LogP contribution is -2.35. The van der Waals surface area contributed by atoms with E-state index in [1.807, 2.05) is 12.1 Å². The van der Waals surface area contributed by atoms with Gasteiger partial charge in [-0.2, -0.15) is 0 Å². The Labute approximate surface area is 112 Å². The zero-order valence-corrected chi connectivity index (χ0v) is 12.3. The van der Waals surface area contributed by atoms with Gasteiger partial charge in [-0.25, -0.2) is 0 Å². The van der Waals surface area contributed by atoms with Crippen molar-refractivity contribution in [1.29, 1.82) is 0 Å². The standard InChI is InChI=1S/C15H28N2O/c1-5-13(3)12-17(6-2)10-9-16-14(4)15-8-7-11-18-15/h7-8,11,13-14,16H,5-6,9-10,12H2,1-4H3. The molecule has 3 heteroatoms. The van der Waals surface area contributed by atoms with Gasteiger partial charge in [-0.15, -0.1) is 0 Å². The highest BCUT2D eigenvalue weighted by molar-refractivity contribution is 5.02. The van der Waals surface area contributed by atoms with Gasteiger partial charge in [-0.05, 0) is 31.5 Å². The van der Waals surface area contributed by atoms with Crippen molar-refractivity contribution in [3.63, 3.8) is 0 Å². The third kappa shape index (κ3) is 5.23. The molecule has 0 radical (unpaired) electrons. The quantitative estimate of drug-likeness (QED) is 0.731. The summed E-state index contributed by atoms with van der Waals surface area (Å²) < 4.78 is 5.38. The molecular formula is C15H28N2O. The lowest BCUT2D eigenvalue weighted by Gasteiger charge is -2.24. The van der Waals surface area contributed by atoms with Crippen molar-refractivity contribution in [1.82, 2.24) is 10.2 Å². The number of nitrogens with one attached hydrogen (secondary N) is 1. The molecule has 0 aliphatic heterocycles. The maximum Gasteiger partial charge on any atom is 0.120 e. The van der Waals surface area contributed by atoms with Crippen LogP contribution in [0.15, 0.2) is 22.8 Å². The summed E-state index contributed by atoms with van der Waals surface area (Å²) in [6, 6.07) is 4.26. The van der Waals surface area contributed by atoms with E-state index in [2.05, 4.69) is 37.9 Å². The van der Waals surface area contributed by atoms with Gasteiger partial charge in [-0.1, -0.05) is 27.2 Å². The van der Waals surface area contributed by atoms with Crippen LogP contribution >= 0.6 is 0 Å². The molecule has 3 nitrogen and oxygen atoms in total. The first-order chi connectivity index (χ1) is 8.67. The highest BCUT2D eigenvalue weighted by Gasteiger charge is 2.09. The van der Waals surface area contributed by atoms with Crippen LogP contribution in [0.3, 0.4) is 0 Å². The summed E-state index contributed by atoms with van der Waals surface area (Å²) in [7, 11) is 0. The van der Waals surface area contributed by atoms with Crippen molar-refractivity contribution >= 4 is 0 Å². The van der Waals surface area contributed by atoms with E-state index in [9.17, 15) is 0 Å². The minimum atomic E-state index is 0.294. The van der Waals surface area contributed by atoms with Gasteiger partial charge in [0.15, 0.2) is 0 Å². The fraction of sp³-hybridized carbons (Fsp3) is 0.733. The Bertz CT molecular complexity index is 297. The van der Waals surface area contributed by atoms with Crippen molar-refractivity contribution in [2.75, 3.05) is 26.2 Å². The van der Waals surface area contributed by atoms with Crippen LogP contribution in [0, 0.1) is 5.92 Å². The summed E-state index contributed by atoms with van der Waals surface area (Å²) in [5.41, 5.74) is 0. The molecule has 0 aliphatic carbocycles. The van der Waals surface area contributed by atoms with Crippen LogP contribution in [0.25, 0.3) is 0 Å². The molecule has 0 spiro atoms. The number of likely N-dealkylation sites (N-methyl/N-ethyl adjacent to an activating group) is 1. The molecule has 2 atom stereocenters. The van der Waals surface area contributed by atoms with Crippen molar-refractivity contribution in [2.24, 2.45) is 5.92 Å². The molecule has 0 aromatic carbocycles. The van der Waals surface area contributed by atoms with E-state index in [1.165, 1.54) is 13.0 Å². The topological polar surface area (TPSA) is 28.4 Å². The van der Waals surface area contributed by atoms with E-state index in [4.69, 9.17) is 4.42 Å². The molecule has 1 aromatic rings. The molecule has 1 aromatic heterocycles. The summed E-state index contributed by atoms with van der Waals surface area (Å²) in [6.45, 7) is 13.4. The summed E-state index contributed by atoms with van der Waals surface area (Å²) in [5.74, 6) is 1.80. The first kappa shape index (κ1) is 15.3. The van der Waals surface area contributed by atoms with Crippen LogP contribution in [0.2, 0.25) is 0 Å². The predicted molar refractivity (Wildman–Crippen MR) is 76.7 cm³/mol. The molecule has 0 aliphatic rings. The lowest BCUT2D eigenvalue weighted by molar-refractivity contribution is 0.241. The Balaban J connectivity index is 2.22. The number of nitrogens with zero attached hydrogens (tertiary/aromatic N) is 1. The van der Waals surface area contributed by atoms with E-state index in [0.717, 1.165) is 31.3 Å². The second-order valence-corrected chi connectivity index (χ2v) is 5.10. The summed E-state index contributed by atoms with van der Waals surface area (Å²) in [4.78, 5) is 2.51. The highest BCUT2D eigenvalue weighted by atomic mass is 16.3. The third-order valence-corrected chi connectivity index (χ3v) is 3.56. The van der Waals surface area contributed by atoms with Gasteiger partial charge in [0.25, 0.3) is 0 Å². The van der Waals surface area contributed by atoms with E-state index >= 15 is 0 Å². The van der Waals surface area contributed by atoms with Gasteiger partial charge < -0.3 is 14.6 Å². The molecule has 2 unspecified atom stereocenters. The molecule has 1 heterocycles. The second-order valence-electron chi connectivity index (χ2n) is 5.10. The highest BCUT2D eigenvalue weighted by Crippen LogP contribution is 2.11. The Kier molecular flexibility index (Phi) is 7.06. The van der Waals surface area contributed by atoms with Crippen LogP contribution in [0.4, 0.5) is 0 Å². The maximum absolute atomic E-state index is 5.38. The number of furan rings is 1. The van der Waals surface area contributed by atoms with Gasteiger partial charge >= 0.3 is 0 Å². The Morgan fingerprint density at radius 2 is 2.11 bits per heavy atom. The van der Waals surface area contributed by atoms with E-state index in [1.54, 1.807) is 6.26 Å². The molecule has 0 fully saturated rings. The van der Waals surface area contributed by atoms with Crippen LogP contribution in [0.5, 0.6) is 0 Å². The zero-order valence-electron chi connectivity index (χ0n) is 12.3. The first-order valence-electron chi connectivity index (χ1n) is 7.16. The first-order valence-corrected chi connectivity index (χ1v) is 7.16. The average molecular weight is 252 g/mol. The van der Waals surface area contributed by atoms with E-state index < -0.39 is 0 Å². The molecule has 104 valence electrons. The fourth-order valence-electron chi connectivity index (χ4n) is 2.03. The van der Waals surface area contributed by atoms with Gasteiger partial charge in [-0.3, -0.25) is 0 Å². The van der Waals surface area contributed by atoms with Crippen molar-refractivity contribution in [2.45, 2.75) is 40.2 Å². The molecular weight excluding hydrogens is 224 g/mol. The average Bonchev–Trinajstić information content (AvgIpc) is 2.91. The van der Waals surface area contributed by atoms with Gasteiger partial charge in [0.2, 0.25) is 0 Å². The second kappa shape index (κ2) is 8.33. The normalized spacial score (nSPS) is 14.9. The Morgan fingerprint density at radius 3 is 2.67 bits per heavy atom. The van der Waals surface area contributed by atoms with Crippen LogP contribution in [-0.2, 0) is 0 Å². The fourth-order valence-corrected chi connectivity index (χ4v) is 2.03. The number of rotatable bonds is 9. The molecule has 0 bridgehead atoms. The molecule has 18 heavy (non-hydrogen) atoms. The van der Waals surface area contributed by atoms with Crippen LogP contribution in [0.1, 0.15) is 45.9 Å². The van der Waals surface area contributed by atoms with Crippen molar-refractivity contribution in [3.8, 4) is 0 Å². The van der Waals surface area contributed by atoms with Gasteiger partial charge in [0, 0.05) is 19.6 Å². The van der Waals surface area contributed by atoms with Crippen LogP contribution in [-0.4, -0.2) is 31.1 Å². The molecule has 0 saturated carbocycles. The van der Waals surface area contributed by atoms with Crippen molar-refractivity contribution in [3.05, 3.63) is 24.2 Å². The Morgan fingerprint density at radius 1 is 1.33 bits per heavy atom. The van der Waals surface area contributed by atoms with Crippen molar-refractivity contribution < 1.29 is 4.42 Å². The van der Waals surface area contributed by atoms with Gasteiger partial charge in [0.05, 0.1) is 12.3 Å². The minimum absolute atomic E-state index is 0.294. The molecule has 0 saturated heterocycles. The molecule has 1 N–H and O–H groups in total. The predicted octanol–water partition coefficient (Wildman–Crippen LogP) is 3.30. The number of hydrogen-bond acceptors (Lipinski definition) is 3. The third-order valence-electron chi connectivity index (χ3n) is 3.56. The van der Waals surface area contributed by atoms with E-state index in [-0.39, 0.29) is 0 Å². The smallest absolute Gasteiger partial charge is 0.120 e. The largest absolute Gasteiger partial charge is 0.468 e. The van der Waals surface area contributed by atoms with Gasteiger partial charge in [0.1, 0.15) is 5.76 Å². The molecule has 1 rings (SSSR count). The Hall–Kier alpha value is -0.800. The summed E-state index contributed by atoms with van der Waals surface area (Å²) >= 11 is 0. The van der Waals surface area contributed by atoms with E-state index in [0.29, 0.717) is 6.04 Å². The maximum atomic E-state index is 5.38. The minimum Gasteiger partial charge on any atom is -0.468 e. The molecule has 0 amide bonds. The number of hydrogen-bond donors (Lipinski definition) is 1.